The Labute approximate surface area is 121 Å². The highest BCUT2D eigenvalue weighted by Crippen LogP contribution is 2.13. The molecule has 0 aromatic carbocycles. The van der Waals surface area contributed by atoms with Gasteiger partial charge in [0.2, 0.25) is 5.91 Å². The molecule has 1 aliphatic rings. The summed E-state index contributed by atoms with van der Waals surface area (Å²) in [7, 11) is -1.72. The van der Waals surface area contributed by atoms with Crippen molar-refractivity contribution in [1.82, 2.24) is 4.90 Å². The van der Waals surface area contributed by atoms with Crippen molar-refractivity contribution in [3.8, 4) is 0 Å². The average Bonchev–Trinajstić information content (AvgIpc) is 2.34. The van der Waals surface area contributed by atoms with Crippen LogP contribution in [0, 0.1) is 0 Å². The SMILES string of the molecule is C=C(C)C(=O)N1CC[N+](C)(CCCCS(=O)(=O)O)CC1. The standard InChI is InChI=1S/C13H24N2O4S/c1-12(2)13(16)14-6-9-15(3,10-7-14)8-4-5-11-20(17,18)19/h1,4-11H2,2-3H3/p+1. The van der Waals surface area contributed by atoms with Crippen LogP contribution in [0.25, 0.3) is 0 Å². The average molecular weight is 305 g/mol. The fourth-order valence-electron chi connectivity index (χ4n) is 2.42. The number of hydrogen-bond acceptors (Lipinski definition) is 3. The lowest BCUT2D eigenvalue weighted by atomic mass is 10.2. The Balaban J connectivity index is 2.35. The van der Waals surface area contributed by atoms with Crippen LogP contribution >= 0.6 is 0 Å². The van der Waals surface area contributed by atoms with Crippen LogP contribution in [0.2, 0.25) is 0 Å². The van der Waals surface area contributed by atoms with Crippen molar-refractivity contribution in [3.05, 3.63) is 12.2 Å². The Kier molecular flexibility index (Phi) is 5.73. The summed E-state index contributed by atoms with van der Waals surface area (Å²) < 4.78 is 30.8. The van der Waals surface area contributed by atoms with Gasteiger partial charge in [-0.2, -0.15) is 8.42 Å². The van der Waals surface area contributed by atoms with E-state index in [4.69, 9.17) is 4.55 Å². The zero-order valence-electron chi connectivity index (χ0n) is 12.3. The molecule has 0 saturated carbocycles. The molecule has 116 valence electrons. The van der Waals surface area contributed by atoms with Gasteiger partial charge in [-0.15, -0.1) is 0 Å². The molecule has 0 atom stereocenters. The molecule has 1 rings (SSSR count). The fraction of sp³-hybridized carbons (Fsp3) is 0.769. The predicted octanol–water partition coefficient (Wildman–Crippen LogP) is 0.519. The van der Waals surface area contributed by atoms with Crippen LogP contribution in [0.4, 0.5) is 0 Å². The van der Waals surface area contributed by atoms with Gasteiger partial charge in [0.05, 0.1) is 45.5 Å². The number of likely N-dealkylation sites (N-methyl/N-ethyl adjacent to an activating group) is 1. The van der Waals surface area contributed by atoms with Gasteiger partial charge in [-0.25, -0.2) is 0 Å². The molecule has 7 heteroatoms. The summed E-state index contributed by atoms with van der Waals surface area (Å²) in [5.41, 5.74) is 0.564. The summed E-state index contributed by atoms with van der Waals surface area (Å²) in [6.07, 6.45) is 1.23. The Morgan fingerprint density at radius 2 is 1.85 bits per heavy atom. The van der Waals surface area contributed by atoms with Crippen LogP contribution in [-0.4, -0.2) is 73.8 Å². The van der Waals surface area contributed by atoms with Crippen molar-refractivity contribution in [3.63, 3.8) is 0 Å². The molecular formula is C13H25N2O4S+. The lowest BCUT2D eigenvalue weighted by Crippen LogP contribution is -2.58. The summed E-state index contributed by atoms with van der Waals surface area (Å²) in [6, 6.07) is 0. The minimum Gasteiger partial charge on any atom is -0.328 e. The zero-order valence-corrected chi connectivity index (χ0v) is 13.2. The first-order valence-corrected chi connectivity index (χ1v) is 8.47. The van der Waals surface area contributed by atoms with Gasteiger partial charge in [0.1, 0.15) is 0 Å². The maximum atomic E-state index is 11.8. The van der Waals surface area contributed by atoms with Gasteiger partial charge in [-0.3, -0.25) is 9.35 Å². The number of amides is 1. The van der Waals surface area contributed by atoms with E-state index in [9.17, 15) is 13.2 Å². The Hall–Kier alpha value is -0.920. The lowest BCUT2D eigenvalue weighted by molar-refractivity contribution is -0.913. The quantitative estimate of drug-likeness (QED) is 0.336. The summed E-state index contributed by atoms with van der Waals surface area (Å²) >= 11 is 0. The van der Waals surface area contributed by atoms with E-state index in [1.807, 2.05) is 4.90 Å². The third kappa shape index (κ3) is 5.60. The van der Waals surface area contributed by atoms with E-state index in [1.54, 1.807) is 6.92 Å². The molecule has 0 aliphatic carbocycles. The minimum absolute atomic E-state index is 0.0163. The number of carbonyl (C=O) groups excluding carboxylic acids is 1. The van der Waals surface area contributed by atoms with Gasteiger partial charge in [0.15, 0.2) is 0 Å². The van der Waals surface area contributed by atoms with Crippen LogP contribution in [-0.2, 0) is 14.9 Å². The molecule has 1 heterocycles. The number of carbonyl (C=O) groups is 1. The van der Waals surface area contributed by atoms with Gasteiger partial charge in [-0.05, 0) is 19.8 Å². The first-order chi connectivity index (χ1) is 9.13. The van der Waals surface area contributed by atoms with Gasteiger partial charge >= 0.3 is 0 Å². The molecule has 1 fully saturated rings. The fourth-order valence-corrected chi connectivity index (χ4v) is 2.99. The molecule has 0 aromatic rings. The van der Waals surface area contributed by atoms with E-state index in [0.717, 1.165) is 30.5 Å². The van der Waals surface area contributed by atoms with E-state index in [1.165, 1.54) is 0 Å². The van der Waals surface area contributed by atoms with E-state index in [0.29, 0.717) is 25.1 Å². The second-order valence-electron chi connectivity index (χ2n) is 5.86. The molecule has 6 nitrogen and oxygen atoms in total. The summed E-state index contributed by atoms with van der Waals surface area (Å²) in [4.78, 5) is 13.6. The Morgan fingerprint density at radius 3 is 2.30 bits per heavy atom. The largest absolute Gasteiger partial charge is 0.328 e. The van der Waals surface area contributed by atoms with E-state index >= 15 is 0 Å². The minimum atomic E-state index is -3.85. The number of unbranched alkanes of at least 4 members (excludes halogenated alkanes) is 1. The topological polar surface area (TPSA) is 74.7 Å². The van der Waals surface area contributed by atoms with Crippen LogP contribution in [0.15, 0.2) is 12.2 Å². The first kappa shape index (κ1) is 17.1. The third-order valence-electron chi connectivity index (χ3n) is 3.82. The van der Waals surface area contributed by atoms with Crippen LogP contribution < -0.4 is 0 Å². The number of hydrogen-bond donors (Lipinski definition) is 1. The number of rotatable bonds is 6. The van der Waals surface area contributed by atoms with Gasteiger partial charge in [0.25, 0.3) is 10.1 Å². The van der Waals surface area contributed by atoms with Crippen molar-refractivity contribution < 1.29 is 22.2 Å². The van der Waals surface area contributed by atoms with Crippen molar-refractivity contribution in [2.75, 3.05) is 45.5 Å². The van der Waals surface area contributed by atoms with Crippen molar-refractivity contribution in [2.24, 2.45) is 0 Å². The molecule has 1 amide bonds. The summed E-state index contributed by atoms with van der Waals surface area (Å²) in [5, 5.41) is 0. The highest BCUT2D eigenvalue weighted by molar-refractivity contribution is 7.85. The number of quaternary nitrogens is 1. The second kappa shape index (κ2) is 6.69. The molecule has 1 N–H and O–H groups in total. The first-order valence-electron chi connectivity index (χ1n) is 6.86. The molecule has 0 spiro atoms. The van der Waals surface area contributed by atoms with E-state index in [-0.39, 0.29) is 11.7 Å². The van der Waals surface area contributed by atoms with Crippen molar-refractivity contribution in [2.45, 2.75) is 19.8 Å². The molecule has 0 radical (unpaired) electrons. The van der Waals surface area contributed by atoms with Crippen LogP contribution in [0.5, 0.6) is 0 Å². The van der Waals surface area contributed by atoms with Crippen LogP contribution in [0.1, 0.15) is 19.8 Å². The Bertz CT molecular complexity index is 465. The molecule has 0 aromatic heterocycles. The molecule has 1 aliphatic heterocycles. The van der Waals surface area contributed by atoms with E-state index in [2.05, 4.69) is 13.6 Å². The summed E-state index contributed by atoms with van der Waals surface area (Å²) in [5.74, 6) is -0.157. The highest BCUT2D eigenvalue weighted by Gasteiger charge is 2.30. The van der Waals surface area contributed by atoms with Crippen LogP contribution in [0.3, 0.4) is 0 Å². The lowest BCUT2D eigenvalue weighted by Gasteiger charge is -2.42. The summed E-state index contributed by atoms with van der Waals surface area (Å²) in [6.45, 7) is 9.41. The smallest absolute Gasteiger partial charge is 0.264 e. The Morgan fingerprint density at radius 1 is 1.30 bits per heavy atom. The monoisotopic (exact) mass is 305 g/mol. The number of piperazine rings is 1. The maximum absolute atomic E-state index is 11.8. The maximum Gasteiger partial charge on any atom is 0.264 e. The normalized spacial score (nSPS) is 18.9. The van der Waals surface area contributed by atoms with Gasteiger partial charge in [-0.1, -0.05) is 6.58 Å². The molecular weight excluding hydrogens is 280 g/mol. The second-order valence-corrected chi connectivity index (χ2v) is 7.43. The van der Waals surface area contributed by atoms with Gasteiger partial charge < -0.3 is 9.38 Å². The zero-order chi connectivity index (χ0) is 15.4. The van der Waals surface area contributed by atoms with Crippen molar-refractivity contribution in [1.29, 1.82) is 0 Å². The van der Waals surface area contributed by atoms with Crippen molar-refractivity contribution >= 4 is 16.0 Å². The molecule has 20 heavy (non-hydrogen) atoms. The molecule has 1 saturated heterocycles. The highest BCUT2D eigenvalue weighted by atomic mass is 32.2. The number of nitrogens with zero attached hydrogens (tertiary/aromatic N) is 2. The van der Waals surface area contributed by atoms with E-state index < -0.39 is 10.1 Å². The predicted molar refractivity (Wildman–Crippen MR) is 77.8 cm³/mol. The van der Waals surface area contributed by atoms with Gasteiger partial charge in [0, 0.05) is 5.57 Å². The molecule has 0 bridgehead atoms. The molecule has 0 unspecified atom stereocenters. The third-order valence-corrected chi connectivity index (χ3v) is 4.63.